The van der Waals surface area contributed by atoms with E-state index < -0.39 is 74.1 Å². The number of sulfonamides is 1. The Kier molecular flexibility index (Phi) is 13.0. The number of aryl methyl sites for hydroxylation is 1. The molecule has 2 aliphatic heterocycles. The van der Waals surface area contributed by atoms with Gasteiger partial charge in [0.05, 0.1) is 31.0 Å². The Labute approximate surface area is 363 Å². The van der Waals surface area contributed by atoms with Gasteiger partial charge in [0.2, 0.25) is 21.8 Å². The van der Waals surface area contributed by atoms with Crippen molar-refractivity contribution in [3.8, 4) is 11.5 Å². The summed E-state index contributed by atoms with van der Waals surface area (Å²) in [7, 11) is -0.765. The number of benzene rings is 1. The SMILES string of the molecule is C=C[C@@H]1CC1(NC(=O)[C@@H]1C[C@@H]2CN1C(=O)[C@H](C1CCCCC1)NC(=O)OCC(C)(C)CCCc1cc3c(cc(N(C)C(=O)NCC)nc3cc1OC)O2)C(=O)NS(=O)(=O)C1CC1. The summed E-state index contributed by atoms with van der Waals surface area (Å²) >= 11 is 0. The number of cyclic esters (lactones) is 1. The normalized spacial score (nSPS) is 26.8. The third-order valence-electron chi connectivity index (χ3n) is 13.1. The van der Waals surface area contributed by atoms with Gasteiger partial charge in [-0.3, -0.25) is 24.0 Å². The Morgan fingerprint density at radius 1 is 1.10 bits per heavy atom. The third kappa shape index (κ3) is 9.59. The summed E-state index contributed by atoms with van der Waals surface area (Å²) in [6, 6.07) is 2.83. The van der Waals surface area contributed by atoms with Crippen LogP contribution in [0, 0.1) is 17.3 Å². The molecule has 0 spiro atoms. The van der Waals surface area contributed by atoms with E-state index in [9.17, 15) is 27.6 Å². The number of anilines is 1. The standard InChI is InChI=1S/C44H61N7O10S/c1-7-28-23-44(28,40(54)49-62(57,58)30-16-17-30)48-38(52)33-20-29-24-51(33)39(53)37(26-13-10-9-11-14-26)47-42(56)60-25-43(3,4)18-12-15-27-19-31-32(21-34(27)59-6)46-36(22-35(31)61-29)50(5)41(55)45-8-2/h7,19,21-22,26,28-30,33,37H,1,8-18,20,23-25H2,2-6H3,(H,45,55)(H,47,56)(H,48,52)(H,49,54)/t28-,29-,33+,37+,44?/m1/s1. The quantitative estimate of drug-likeness (QED) is 0.245. The van der Waals surface area contributed by atoms with Gasteiger partial charge in [-0.15, -0.1) is 6.58 Å². The first-order valence-corrected chi connectivity index (χ1v) is 23.5. The van der Waals surface area contributed by atoms with Gasteiger partial charge >= 0.3 is 12.1 Å². The van der Waals surface area contributed by atoms with Crippen LogP contribution in [0.5, 0.6) is 11.5 Å². The fourth-order valence-electron chi connectivity index (χ4n) is 9.14. The maximum Gasteiger partial charge on any atom is 0.407 e. The third-order valence-corrected chi connectivity index (χ3v) is 14.9. The summed E-state index contributed by atoms with van der Waals surface area (Å²) in [5.41, 5.74) is -0.621. The van der Waals surface area contributed by atoms with Gasteiger partial charge in [0.1, 0.15) is 41.0 Å². The average molecular weight is 880 g/mol. The molecule has 2 aromatic rings. The topological polar surface area (TPSA) is 215 Å². The van der Waals surface area contributed by atoms with Crippen LogP contribution in [0.25, 0.3) is 10.9 Å². The number of rotatable bonds is 10. The number of fused-ring (bicyclic) bond motifs is 3. The van der Waals surface area contributed by atoms with Crippen LogP contribution < -0.4 is 35.0 Å². The molecular weight excluding hydrogens is 819 g/mol. The first-order chi connectivity index (χ1) is 29.5. The van der Waals surface area contributed by atoms with Gasteiger partial charge in [-0.05, 0) is 81.3 Å². The molecule has 18 heteroatoms. The van der Waals surface area contributed by atoms with Crippen LogP contribution >= 0.6 is 0 Å². The Morgan fingerprint density at radius 3 is 2.50 bits per heavy atom. The van der Waals surface area contributed by atoms with E-state index in [1.165, 1.54) is 15.9 Å². The number of nitrogens with one attached hydrogen (secondary N) is 4. The Bertz CT molecular complexity index is 2210. The molecule has 1 unspecified atom stereocenters. The molecule has 5 aliphatic rings. The summed E-state index contributed by atoms with van der Waals surface area (Å²) in [6.07, 6.45) is 7.15. The molecule has 4 fully saturated rings. The summed E-state index contributed by atoms with van der Waals surface area (Å²) in [4.78, 5) is 77.7. The van der Waals surface area contributed by atoms with Gasteiger partial charge in [-0.25, -0.2) is 23.0 Å². The number of hydrogen-bond acceptors (Lipinski definition) is 11. The number of urea groups is 1. The average Bonchev–Trinajstić information content (AvgIpc) is 4.18. The number of nitrogens with zero attached hydrogens (tertiary/aromatic N) is 3. The van der Waals surface area contributed by atoms with E-state index in [-0.39, 0.29) is 43.8 Å². The molecule has 3 aliphatic carbocycles. The molecule has 3 heterocycles. The lowest BCUT2D eigenvalue weighted by molar-refractivity contribution is -0.142. The summed E-state index contributed by atoms with van der Waals surface area (Å²) in [5, 5.41) is 8.51. The van der Waals surface area contributed by atoms with Crippen molar-refractivity contribution >= 4 is 56.6 Å². The van der Waals surface area contributed by atoms with Crippen molar-refractivity contribution in [1.82, 2.24) is 30.6 Å². The highest BCUT2D eigenvalue weighted by molar-refractivity contribution is 7.91. The Hall–Kier alpha value is -5.13. The van der Waals surface area contributed by atoms with Crippen LogP contribution in [0.2, 0.25) is 0 Å². The number of carbonyl (C=O) groups excluding carboxylic acids is 5. The van der Waals surface area contributed by atoms with Crippen LogP contribution in [0.3, 0.4) is 0 Å². The van der Waals surface area contributed by atoms with Crippen molar-refractivity contribution in [2.45, 2.75) is 127 Å². The highest BCUT2D eigenvalue weighted by Gasteiger charge is 2.62. The zero-order valence-corrected chi connectivity index (χ0v) is 37.2. The molecule has 338 valence electrons. The van der Waals surface area contributed by atoms with E-state index >= 15 is 4.79 Å². The maximum atomic E-state index is 15.0. The van der Waals surface area contributed by atoms with E-state index in [2.05, 4.69) is 27.3 Å². The second-order valence-electron chi connectivity index (χ2n) is 18.3. The number of pyridine rings is 1. The lowest BCUT2D eigenvalue weighted by Crippen LogP contribution is -2.59. The van der Waals surface area contributed by atoms with Crippen LogP contribution in [0.15, 0.2) is 30.9 Å². The van der Waals surface area contributed by atoms with E-state index in [1.807, 2.05) is 26.8 Å². The van der Waals surface area contributed by atoms with Crippen LogP contribution in [-0.2, 0) is 35.6 Å². The fourth-order valence-corrected chi connectivity index (χ4v) is 10.5. The maximum absolute atomic E-state index is 15.0. The lowest BCUT2D eigenvalue weighted by Gasteiger charge is -2.35. The number of methoxy groups -OCH3 is 1. The number of carbonyl (C=O) groups is 5. The molecule has 62 heavy (non-hydrogen) atoms. The molecule has 17 nitrogen and oxygen atoms in total. The molecule has 7 rings (SSSR count). The van der Waals surface area contributed by atoms with Crippen molar-refractivity contribution in [3.05, 3.63) is 36.4 Å². The summed E-state index contributed by atoms with van der Waals surface area (Å²) < 4.78 is 46.4. The first-order valence-electron chi connectivity index (χ1n) is 21.9. The fraction of sp³-hybridized carbons (Fsp3) is 0.636. The number of hydrogen-bond donors (Lipinski definition) is 4. The zero-order chi connectivity index (χ0) is 44.6. The largest absolute Gasteiger partial charge is 0.496 e. The van der Waals surface area contributed by atoms with Crippen LogP contribution in [0.4, 0.5) is 15.4 Å². The summed E-state index contributed by atoms with van der Waals surface area (Å²) in [6.45, 7) is 10.1. The molecule has 4 N–H and O–H groups in total. The minimum atomic E-state index is -3.94. The number of amides is 6. The van der Waals surface area contributed by atoms with E-state index in [0.717, 1.165) is 31.2 Å². The number of alkyl carbamates (subject to hydrolysis) is 1. The van der Waals surface area contributed by atoms with Crippen LogP contribution in [0.1, 0.15) is 97.0 Å². The Morgan fingerprint density at radius 2 is 1.84 bits per heavy atom. The molecule has 6 amide bonds. The first kappa shape index (κ1) is 44.9. The van der Waals surface area contributed by atoms with Crippen molar-refractivity contribution in [1.29, 1.82) is 0 Å². The molecule has 1 aromatic heterocycles. The van der Waals surface area contributed by atoms with Crippen molar-refractivity contribution in [2.24, 2.45) is 17.3 Å². The molecular formula is C44H61N7O10S. The zero-order valence-electron chi connectivity index (χ0n) is 36.4. The highest BCUT2D eigenvalue weighted by atomic mass is 32.2. The van der Waals surface area contributed by atoms with Crippen molar-refractivity contribution in [3.63, 3.8) is 0 Å². The lowest BCUT2D eigenvalue weighted by atomic mass is 9.83. The van der Waals surface area contributed by atoms with E-state index in [1.54, 1.807) is 26.3 Å². The van der Waals surface area contributed by atoms with Gasteiger partial charge in [0, 0.05) is 43.5 Å². The predicted octanol–water partition coefficient (Wildman–Crippen LogP) is 4.46. The van der Waals surface area contributed by atoms with Gasteiger partial charge in [-0.1, -0.05) is 39.2 Å². The second kappa shape index (κ2) is 17.9. The van der Waals surface area contributed by atoms with Gasteiger partial charge in [0.25, 0.3) is 5.91 Å². The molecule has 5 atom stereocenters. The molecule has 3 saturated carbocycles. The molecule has 1 saturated heterocycles. The van der Waals surface area contributed by atoms with Gasteiger partial charge in [0.15, 0.2) is 0 Å². The predicted molar refractivity (Wildman–Crippen MR) is 231 cm³/mol. The molecule has 1 aromatic carbocycles. The van der Waals surface area contributed by atoms with Crippen LogP contribution in [-0.4, -0.2) is 111 Å². The second-order valence-corrected chi connectivity index (χ2v) is 20.3. The molecule has 0 radical (unpaired) electrons. The minimum Gasteiger partial charge on any atom is -0.496 e. The van der Waals surface area contributed by atoms with Gasteiger partial charge < -0.3 is 35.1 Å². The minimum absolute atomic E-state index is 0.0151. The smallest absolute Gasteiger partial charge is 0.407 e. The van der Waals surface area contributed by atoms with Crippen molar-refractivity contribution < 1.29 is 46.6 Å². The number of aromatic nitrogens is 1. The van der Waals surface area contributed by atoms with E-state index in [4.69, 9.17) is 19.2 Å². The Balaban J connectivity index is 1.29. The molecule has 4 bridgehead atoms. The number of ether oxygens (including phenoxy) is 3. The monoisotopic (exact) mass is 879 g/mol. The summed E-state index contributed by atoms with van der Waals surface area (Å²) in [5.74, 6) is -1.54. The highest BCUT2D eigenvalue weighted by Crippen LogP contribution is 2.46. The van der Waals surface area contributed by atoms with Gasteiger partial charge in [-0.2, -0.15) is 0 Å². The van der Waals surface area contributed by atoms with E-state index in [0.29, 0.717) is 67.5 Å². The van der Waals surface area contributed by atoms with Crippen molar-refractivity contribution in [2.75, 3.05) is 38.8 Å².